The van der Waals surface area contributed by atoms with Crippen molar-refractivity contribution in [1.29, 1.82) is 0 Å². The van der Waals surface area contributed by atoms with Gasteiger partial charge in [0.25, 0.3) is 5.56 Å². The van der Waals surface area contributed by atoms with Gasteiger partial charge in [0.15, 0.2) is 0 Å². The number of aryl methyl sites for hydroxylation is 2. The fraction of sp³-hybridized carbons (Fsp3) is 0.484. The molecule has 1 aliphatic heterocycles. The molecule has 0 spiro atoms. The van der Waals surface area contributed by atoms with Gasteiger partial charge in [-0.1, -0.05) is 73.1 Å². The van der Waals surface area contributed by atoms with Gasteiger partial charge in [-0.2, -0.15) is 4.98 Å². The molecule has 0 atom stereocenters. The molecule has 3 aromatic rings. The SMILES string of the molecule is C=CC(=C)N1CC(CCn2c(=O)ccc3cnc(Nc4ccc(CCCC)cn4)nc32)C1.CC.CCCC. The Bertz CT molecular complexity index is 1190. The Balaban J connectivity index is 0.000000773. The quantitative estimate of drug-likeness (QED) is 0.272. The minimum atomic E-state index is -0.0489. The molecule has 3 aromatic heterocycles. The van der Waals surface area contributed by atoms with Crippen molar-refractivity contribution < 1.29 is 0 Å². The van der Waals surface area contributed by atoms with Crippen LogP contribution < -0.4 is 10.9 Å². The molecule has 1 fully saturated rings. The molecule has 1 saturated heterocycles. The molecule has 1 N–H and O–H groups in total. The lowest BCUT2D eigenvalue weighted by atomic mass is 9.95. The van der Waals surface area contributed by atoms with E-state index in [1.54, 1.807) is 29.0 Å². The highest BCUT2D eigenvalue weighted by atomic mass is 16.1. The Morgan fingerprint density at radius 2 is 1.79 bits per heavy atom. The van der Waals surface area contributed by atoms with E-state index in [4.69, 9.17) is 0 Å². The highest BCUT2D eigenvalue weighted by Crippen LogP contribution is 2.24. The van der Waals surface area contributed by atoms with Gasteiger partial charge < -0.3 is 10.2 Å². The zero-order chi connectivity index (χ0) is 27.9. The average molecular weight is 519 g/mol. The van der Waals surface area contributed by atoms with Crippen LogP contribution in [0.3, 0.4) is 0 Å². The summed E-state index contributed by atoms with van der Waals surface area (Å²) in [5.74, 6) is 1.65. The van der Waals surface area contributed by atoms with E-state index in [0.29, 0.717) is 29.9 Å². The van der Waals surface area contributed by atoms with Gasteiger partial charge in [-0.3, -0.25) is 9.36 Å². The van der Waals surface area contributed by atoms with E-state index in [-0.39, 0.29) is 5.56 Å². The fourth-order valence-electron chi connectivity index (χ4n) is 3.92. The molecule has 38 heavy (non-hydrogen) atoms. The van der Waals surface area contributed by atoms with Crippen molar-refractivity contribution in [3.8, 4) is 0 Å². The number of hydrogen-bond acceptors (Lipinski definition) is 6. The second kappa shape index (κ2) is 16.4. The van der Waals surface area contributed by atoms with E-state index in [9.17, 15) is 4.79 Å². The summed E-state index contributed by atoms with van der Waals surface area (Å²) in [6.07, 6.45) is 12.3. The van der Waals surface area contributed by atoms with E-state index in [1.165, 1.54) is 18.4 Å². The van der Waals surface area contributed by atoms with Gasteiger partial charge in [0.1, 0.15) is 11.5 Å². The van der Waals surface area contributed by atoms with Crippen molar-refractivity contribution in [2.24, 2.45) is 5.92 Å². The molecule has 7 heteroatoms. The Morgan fingerprint density at radius 1 is 1.05 bits per heavy atom. The number of pyridine rings is 2. The van der Waals surface area contributed by atoms with Crippen molar-refractivity contribution in [3.63, 3.8) is 0 Å². The molecule has 7 nitrogen and oxygen atoms in total. The van der Waals surface area contributed by atoms with Gasteiger partial charge >= 0.3 is 0 Å². The van der Waals surface area contributed by atoms with Crippen LogP contribution in [0.2, 0.25) is 0 Å². The monoisotopic (exact) mass is 518 g/mol. The Kier molecular flexibility index (Phi) is 13.3. The van der Waals surface area contributed by atoms with E-state index in [1.807, 2.05) is 26.1 Å². The van der Waals surface area contributed by atoms with Crippen LogP contribution in [0.1, 0.15) is 72.3 Å². The van der Waals surface area contributed by atoms with Crippen LogP contribution in [0.4, 0.5) is 11.8 Å². The predicted molar refractivity (Wildman–Crippen MR) is 161 cm³/mol. The zero-order valence-corrected chi connectivity index (χ0v) is 24.0. The molecule has 0 aliphatic carbocycles. The van der Waals surface area contributed by atoms with Crippen LogP contribution in [0, 0.1) is 5.92 Å². The first kappa shape index (κ1) is 30.7. The second-order valence-corrected chi connectivity index (χ2v) is 9.33. The minimum Gasteiger partial charge on any atom is -0.371 e. The molecule has 0 amide bonds. The first-order chi connectivity index (χ1) is 18.5. The molecule has 206 valence electrons. The van der Waals surface area contributed by atoms with E-state index in [0.717, 1.165) is 49.9 Å². The number of fused-ring (bicyclic) bond motifs is 1. The van der Waals surface area contributed by atoms with Crippen molar-refractivity contribution in [3.05, 3.63) is 77.5 Å². The summed E-state index contributed by atoms with van der Waals surface area (Å²) in [6, 6.07) is 7.38. The number of unbranched alkanes of at least 4 members (excludes halogenated alkanes) is 2. The first-order valence-electron chi connectivity index (χ1n) is 14.1. The molecule has 0 unspecified atom stereocenters. The first-order valence-corrected chi connectivity index (χ1v) is 14.1. The molecule has 0 radical (unpaired) electrons. The standard InChI is InChI=1S/C25H30N6O.C4H10.C2H6/c1-4-6-7-19-8-10-22(26-14-19)28-25-27-15-21-9-11-23(32)31(24(21)29-25)13-12-20-16-30(17-20)18(3)5-2;1-3-4-2;1-2/h5,8-11,14-15,20H,2-4,6-7,12-13,16-17H2,1H3,(H,26,27,28,29);3-4H2,1-2H3;1-2H3. The lowest BCUT2D eigenvalue weighted by Crippen LogP contribution is -2.45. The van der Waals surface area contributed by atoms with Gasteiger partial charge in [-0.05, 0) is 49.0 Å². The zero-order valence-electron chi connectivity index (χ0n) is 24.0. The van der Waals surface area contributed by atoms with Crippen LogP contribution in [0.25, 0.3) is 11.0 Å². The molecular formula is C31H46N6O. The summed E-state index contributed by atoms with van der Waals surface area (Å²) in [7, 11) is 0. The fourth-order valence-corrected chi connectivity index (χ4v) is 3.92. The minimum absolute atomic E-state index is 0.0489. The van der Waals surface area contributed by atoms with E-state index < -0.39 is 0 Å². The third-order valence-corrected chi connectivity index (χ3v) is 6.47. The highest BCUT2D eigenvalue weighted by molar-refractivity contribution is 5.75. The number of allylic oxidation sites excluding steroid dienone is 1. The summed E-state index contributed by atoms with van der Waals surface area (Å²) < 4.78 is 1.74. The molecule has 4 heterocycles. The number of hydrogen-bond donors (Lipinski definition) is 1. The second-order valence-electron chi connectivity index (χ2n) is 9.33. The van der Waals surface area contributed by atoms with Gasteiger partial charge in [-0.25, -0.2) is 9.97 Å². The van der Waals surface area contributed by atoms with Crippen LogP contribution in [-0.2, 0) is 13.0 Å². The average Bonchev–Trinajstić information content (AvgIpc) is 2.93. The summed E-state index contributed by atoms with van der Waals surface area (Å²) >= 11 is 0. The lowest BCUT2D eigenvalue weighted by molar-refractivity contribution is 0.136. The molecule has 0 aromatic carbocycles. The molecule has 0 saturated carbocycles. The molecule has 4 rings (SSSR count). The third kappa shape index (κ3) is 8.82. The summed E-state index contributed by atoms with van der Waals surface area (Å²) in [5.41, 5.74) is 2.77. The summed E-state index contributed by atoms with van der Waals surface area (Å²) in [6.45, 7) is 20.8. The third-order valence-electron chi connectivity index (χ3n) is 6.47. The normalized spacial score (nSPS) is 12.5. The van der Waals surface area contributed by atoms with Crippen molar-refractivity contribution in [2.75, 3.05) is 18.4 Å². The van der Waals surface area contributed by atoms with E-state index >= 15 is 0 Å². The predicted octanol–water partition coefficient (Wildman–Crippen LogP) is 7.13. The van der Waals surface area contributed by atoms with Crippen LogP contribution >= 0.6 is 0 Å². The summed E-state index contributed by atoms with van der Waals surface area (Å²) in [4.78, 5) is 28.3. The van der Waals surface area contributed by atoms with Gasteiger partial charge in [-0.15, -0.1) is 0 Å². The molecular weight excluding hydrogens is 472 g/mol. The highest BCUT2D eigenvalue weighted by Gasteiger charge is 2.26. The topological polar surface area (TPSA) is 75.9 Å². The van der Waals surface area contributed by atoms with Crippen molar-refractivity contribution >= 4 is 22.8 Å². The number of anilines is 2. The van der Waals surface area contributed by atoms with Crippen LogP contribution in [0.15, 0.2) is 66.4 Å². The number of nitrogens with one attached hydrogen (secondary N) is 1. The van der Waals surface area contributed by atoms with E-state index in [2.05, 4.69) is 65.2 Å². The number of aromatic nitrogens is 4. The number of likely N-dealkylation sites (tertiary alicyclic amines) is 1. The molecule has 0 bridgehead atoms. The van der Waals surface area contributed by atoms with Gasteiger partial charge in [0.05, 0.1) is 0 Å². The number of nitrogens with zero attached hydrogens (tertiary/aromatic N) is 5. The Hall–Kier alpha value is -3.48. The maximum absolute atomic E-state index is 12.6. The number of rotatable bonds is 11. The smallest absolute Gasteiger partial charge is 0.252 e. The summed E-state index contributed by atoms with van der Waals surface area (Å²) in [5, 5.41) is 4.00. The van der Waals surface area contributed by atoms with Crippen molar-refractivity contribution in [2.45, 2.75) is 79.7 Å². The van der Waals surface area contributed by atoms with Crippen LogP contribution in [0.5, 0.6) is 0 Å². The van der Waals surface area contributed by atoms with Gasteiger partial charge in [0, 0.05) is 49.2 Å². The lowest BCUT2D eigenvalue weighted by Gasteiger charge is -2.41. The van der Waals surface area contributed by atoms with Crippen LogP contribution in [-0.4, -0.2) is 37.5 Å². The Morgan fingerprint density at radius 3 is 2.39 bits per heavy atom. The van der Waals surface area contributed by atoms with Gasteiger partial charge in [0.2, 0.25) is 5.95 Å². The maximum atomic E-state index is 12.6. The maximum Gasteiger partial charge on any atom is 0.252 e. The van der Waals surface area contributed by atoms with Crippen molar-refractivity contribution in [1.82, 2.24) is 24.4 Å². The Labute approximate surface area is 228 Å². The molecule has 1 aliphatic rings. The largest absolute Gasteiger partial charge is 0.371 e.